The minimum absolute atomic E-state index is 0.537. The Kier molecular flexibility index (Phi) is 2.73. The molecule has 90 valence electrons. The minimum Gasteiger partial charge on any atom is -0.495 e. The topological polar surface area (TPSA) is 35.8 Å². The number of aromatic nitrogens is 2. The van der Waals surface area contributed by atoms with Crippen molar-refractivity contribution in [2.24, 2.45) is 0 Å². The molecule has 3 rings (SSSR count). The smallest absolute Gasteiger partial charge is 0.137 e. The second kappa shape index (κ2) is 4.37. The molecule has 0 bridgehead atoms. The molecule has 0 unspecified atom stereocenters. The van der Waals surface area contributed by atoms with E-state index in [4.69, 9.17) is 9.47 Å². The molecule has 0 atom stereocenters. The van der Waals surface area contributed by atoms with Crippen molar-refractivity contribution in [1.82, 2.24) is 9.38 Å². The van der Waals surface area contributed by atoms with Crippen LogP contribution in [0.3, 0.4) is 0 Å². The lowest BCUT2D eigenvalue weighted by molar-refractivity contribution is 0.0846. The van der Waals surface area contributed by atoms with Crippen molar-refractivity contribution in [3.63, 3.8) is 0 Å². The van der Waals surface area contributed by atoms with E-state index >= 15 is 0 Å². The molecule has 0 amide bonds. The van der Waals surface area contributed by atoms with E-state index in [1.54, 1.807) is 7.11 Å². The van der Waals surface area contributed by atoms with E-state index in [-0.39, 0.29) is 0 Å². The van der Waals surface area contributed by atoms with E-state index in [9.17, 15) is 0 Å². The van der Waals surface area contributed by atoms with Crippen LogP contribution in [0.2, 0.25) is 0 Å². The van der Waals surface area contributed by atoms with Crippen LogP contribution in [0.15, 0.2) is 24.5 Å². The van der Waals surface area contributed by atoms with Crippen LogP contribution in [-0.2, 0) is 4.74 Å². The molecule has 1 aliphatic rings. The number of pyridine rings is 1. The highest BCUT2D eigenvalue weighted by molar-refractivity contribution is 5.43. The zero-order chi connectivity index (χ0) is 11.7. The summed E-state index contributed by atoms with van der Waals surface area (Å²) in [6.45, 7) is 1.70. The molecule has 4 heteroatoms. The van der Waals surface area contributed by atoms with Gasteiger partial charge in [-0.15, -0.1) is 0 Å². The third-order valence-electron chi connectivity index (χ3n) is 3.32. The van der Waals surface area contributed by atoms with Gasteiger partial charge in [0.25, 0.3) is 0 Å². The van der Waals surface area contributed by atoms with Gasteiger partial charge in [-0.05, 0) is 25.0 Å². The normalized spacial score (nSPS) is 17.5. The number of rotatable bonds is 2. The molecule has 4 nitrogen and oxygen atoms in total. The number of ether oxygens (including phenoxy) is 2. The molecule has 2 aromatic heterocycles. The zero-order valence-electron chi connectivity index (χ0n) is 9.93. The van der Waals surface area contributed by atoms with Crippen molar-refractivity contribution in [3.05, 3.63) is 30.2 Å². The Bertz CT molecular complexity index is 515. The molecule has 1 saturated heterocycles. The Morgan fingerprint density at radius 1 is 1.29 bits per heavy atom. The Balaban J connectivity index is 1.95. The summed E-state index contributed by atoms with van der Waals surface area (Å²) < 4.78 is 12.6. The molecule has 0 N–H and O–H groups in total. The monoisotopic (exact) mass is 232 g/mol. The molecule has 1 fully saturated rings. The number of hydrogen-bond acceptors (Lipinski definition) is 3. The molecule has 1 aliphatic heterocycles. The molecule has 0 radical (unpaired) electrons. The van der Waals surface area contributed by atoms with Crippen LogP contribution in [0.4, 0.5) is 0 Å². The Morgan fingerprint density at radius 2 is 2.12 bits per heavy atom. The van der Waals surface area contributed by atoms with E-state index in [0.29, 0.717) is 5.92 Å². The Hall–Kier alpha value is -1.55. The van der Waals surface area contributed by atoms with Crippen LogP contribution in [0.5, 0.6) is 5.75 Å². The first-order valence-corrected chi connectivity index (χ1v) is 5.97. The average molecular weight is 232 g/mol. The first-order chi connectivity index (χ1) is 8.36. The maximum atomic E-state index is 5.38. The average Bonchev–Trinajstić information content (AvgIpc) is 2.82. The van der Waals surface area contributed by atoms with Crippen LogP contribution in [0.25, 0.3) is 5.65 Å². The zero-order valence-corrected chi connectivity index (χ0v) is 9.93. The van der Waals surface area contributed by atoms with Gasteiger partial charge in [0, 0.05) is 25.3 Å². The highest BCUT2D eigenvalue weighted by Gasteiger charge is 2.18. The van der Waals surface area contributed by atoms with Crippen molar-refractivity contribution in [2.75, 3.05) is 20.3 Å². The highest BCUT2D eigenvalue weighted by Crippen LogP contribution is 2.26. The molecule has 0 spiro atoms. The summed E-state index contributed by atoms with van der Waals surface area (Å²) in [5.41, 5.74) is 2.15. The van der Waals surface area contributed by atoms with Gasteiger partial charge in [-0.1, -0.05) is 0 Å². The molecule has 0 saturated carbocycles. The fourth-order valence-electron chi connectivity index (χ4n) is 2.30. The number of hydrogen-bond donors (Lipinski definition) is 0. The second-order valence-corrected chi connectivity index (χ2v) is 4.39. The fourth-order valence-corrected chi connectivity index (χ4v) is 2.30. The van der Waals surface area contributed by atoms with Crippen molar-refractivity contribution >= 4 is 5.65 Å². The van der Waals surface area contributed by atoms with Crippen molar-refractivity contribution in [3.8, 4) is 5.75 Å². The van der Waals surface area contributed by atoms with Gasteiger partial charge in [-0.3, -0.25) is 0 Å². The van der Waals surface area contributed by atoms with E-state index in [1.165, 1.54) is 5.69 Å². The summed E-state index contributed by atoms with van der Waals surface area (Å²) in [7, 11) is 1.68. The molecular weight excluding hydrogens is 216 g/mol. The predicted octanol–water partition coefficient (Wildman–Crippen LogP) is 2.24. The number of nitrogens with zero attached hydrogens (tertiary/aromatic N) is 2. The Morgan fingerprint density at radius 3 is 2.88 bits per heavy atom. The molecular formula is C13H16N2O2. The number of methoxy groups -OCH3 is 1. The largest absolute Gasteiger partial charge is 0.495 e. The van der Waals surface area contributed by atoms with Gasteiger partial charge < -0.3 is 13.9 Å². The van der Waals surface area contributed by atoms with E-state index in [2.05, 4.69) is 11.2 Å². The molecule has 2 aromatic rings. The quantitative estimate of drug-likeness (QED) is 0.796. The summed E-state index contributed by atoms with van der Waals surface area (Å²) in [6, 6.07) is 3.93. The van der Waals surface area contributed by atoms with Gasteiger partial charge in [-0.25, -0.2) is 4.98 Å². The maximum absolute atomic E-state index is 5.38. The predicted molar refractivity (Wildman–Crippen MR) is 64.5 cm³/mol. The summed E-state index contributed by atoms with van der Waals surface area (Å²) >= 11 is 0. The van der Waals surface area contributed by atoms with Crippen LogP contribution in [-0.4, -0.2) is 29.7 Å². The summed E-state index contributed by atoms with van der Waals surface area (Å²) in [5.74, 6) is 1.39. The van der Waals surface area contributed by atoms with E-state index < -0.39 is 0 Å². The van der Waals surface area contributed by atoms with Crippen molar-refractivity contribution < 1.29 is 9.47 Å². The van der Waals surface area contributed by atoms with Crippen LogP contribution >= 0.6 is 0 Å². The third-order valence-corrected chi connectivity index (χ3v) is 3.32. The minimum atomic E-state index is 0.537. The van der Waals surface area contributed by atoms with Gasteiger partial charge in [0.2, 0.25) is 0 Å². The van der Waals surface area contributed by atoms with E-state index in [1.807, 2.05) is 22.7 Å². The molecule has 17 heavy (non-hydrogen) atoms. The molecule has 0 aliphatic carbocycles. The maximum Gasteiger partial charge on any atom is 0.137 e. The summed E-state index contributed by atoms with van der Waals surface area (Å²) in [5, 5.41) is 0. The van der Waals surface area contributed by atoms with Gasteiger partial charge in [0.05, 0.1) is 19.0 Å². The number of fused-ring (bicyclic) bond motifs is 1. The lowest BCUT2D eigenvalue weighted by Crippen LogP contribution is -2.14. The second-order valence-electron chi connectivity index (χ2n) is 4.39. The van der Waals surface area contributed by atoms with Crippen LogP contribution < -0.4 is 4.74 Å². The lowest BCUT2D eigenvalue weighted by atomic mass is 9.97. The number of imidazole rings is 1. The van der Waals surface area contributed by atoms with Gasteiger partial charge in [-0.2, -0.15) is 0 Å². The third kappa shape index (κ3) is 2.00. The first-order valence-electron chi connectivity index (χ1n) is 5.97. The standard InChI is InChI=1S/C13H16N2O2/c1-16-11-2-3-13-14-12(9-15(13)8-11)10-4-6-17-7-5-10/h2-3,8-10H,4-7H2,1H3. The van der Waals surface area contributed by atoms with E-state index in [0.717, 1.165) is 37.5 Å². The van der Waals surface area contributed by atoms with Crippen molar-refractivity contribution in [2.45, 2.75) is 18.8 Å². The Labute approximate surface area is 100 Å². The molecule has 3 heterocycles. The SMILES string of the molecule is COc1ccc2nc(C3CCOCC3)cn2c1. The van der Waals surface area contributed by atoms with Crippen LogP contribution in [0, 0.1) is 0 Å². The molecule has 0 aromatic carbocycles. The highest BCUT2D eigenvalue weighted by atomic mass is 16.5. The first kappa shape index (κ1) is 10.6. The van der Waals surface area contributed by atoms with Crippen LogP contribution in [0.1, 0.15) is 24.5 Å². The lowest BCUT2D eigenvalue weighted by Gasteiger charge is -2.19. The van der Waals surface area contributed by atoms with Crippen molar-refractivity contribution in [1.29, 1.82) is 0 Å². The van der Waals surface area contributed by atoms with Gasteiger partial charge >= 0.3 is 0 Å². The fraction of sp³-hybridized carbons (Fsp3) is 0.462. The van der Waals surface area contributed by atoms with Gasteiger partial charge in [0.1, 0.15) is 11.4 Å². The summed E-state index contributed by atoms with van der Waals surface area (Å²) in [4.78, 5) is 4.66. The summed E-state index contributed by atoms with van der Waals surface area (Å²) in [6.07, 6.45) is 6.21. The van der Waals surface area contributed by atoms with Gasteiger partial charge in [0.15, 0.2) is 0 Å².